The van der Waals surface area contributed by atoms with Crippen molar-refractivity contribution >= 4 is 23.3 Å². The fraction of sp³-hybridized carbons (Fsp3) is 0.440. The van der Waals surface area contributed by atoms with E-state index in [-0.39, 0.29) is 23.4 Å². The van der Waals surface area contributed by atoms with E-state index >= 15 is 0 Å². The van der Waals surface area contributed by atoms with Crippen molar-refractivity contribution in [2.75, 3.05) is 50.8 Å². The van der Waals surface area contributed by atoms with Gasteiger partial charge < -0.3 is 15.0 Å². The molecule has 2 aromatic rings. The van der Waals surface area contributed by atoms with Crippen LogP contribution in [0.1, 0.15) is 46.0 Å². The number of nitro groups is 1. The number of nitrogens with zero attached hydrogens (tertiary/aromatic N) is 3. The van der Waals surface area contributed by atoms with Crippen LogP contribution in [0.3, 0.4) is 0 Å². The number of nitrogens with one attached hydrogen (secondary N) is 1. The standard InChI is InChI=1S/C25H32N4O5/c1-3-34-25(31)21-16-20(17-23(18-21)29(32)33)24(30)26-9-4-5-10-27-11-13-28(14-12-27)22-8-6-7-19(2)15-22/h6-8,15-18H,3-5,9-14H2,1-2H3,(H,26,30). The molecule has 9 nitrogen and oxygen atoms in total. The van der Waals surface area contributed by atoms with E-state index in [9.17, 15) is 19.7 Å². The largest absolute Gasteiger partial charge is 0.462 e. The van der Waals surface area contributed by atoms with Crippen LogP contribution in [0, 0.1) is 17.0 Å². The minimum Gasteiger partial charge on any atom is -0.462 e. The number of aryl methyl sites for hydroxylation is 1. The van der Waals surface area contributed by atoms with Crippen LogP contribution in [0.25, 0.3) is 0 Å². The summed E-state index contributed by atoms with van der Waals surface area (Å²) in [4.78, 5) is 39.9. The van der Waals surface area contributed by atoms with Gasteiger partial charge in [-0.3, -0.25) is 19.8 Å². The first-order chi connectivity index (χ1) is 16.4. The topological polar surface area (TPSA) is 105 Å². The van der Waals surface area contributed by atoms with Crippen LogP contribution in [0.2, 0.25) is 0 Å². The highest BCUT2D eigenvalue weighted by Crippen LogP contribution is 2.19. The highest BCUT2D eigenvalue weighted by atomic mass is 16.6. The van der Waals surface area contributed by atoms with Crippen molar-refractivity contribution in [2.45, 2.75) is 26.7 Å². The number of amides is 1. The Morgan fingerprint density at radius 2 is 1.79 bits per heavy atom. The van der Waals surface area contributed by atoms with Crippen molar-refractivity contribution in [2.24, 2.45) is 0 Å². The van der Waals surface area contributed by atoms with Gasteiger partial charge in [0.05, 0.1) is 17.1 Å². The van der Waals surface area contributed by atoms with Crippen LogP contribution in [0.5, 0.6) is 0 Å². The summed E-state index contributed by atoms with van der Waals surface area (Å²) in [6.45, 7) is 9.31. The van der Waals surface area contributed by atoms with E-state index in [1.54, 1.807) is 6.92 Å². The molecule has 0 saturated carbocycles. The second kappa shape index (κ2) is 12.1. The van der Waals surface area contributed by atoms with E-state index in [0.717, 1.165) is 51.6 Å². The van der Waals surface area contributed by atoms with Gasteiger partial charge in [-0.2, -0.15) is 0 Å². The molecule has 1 amide bonds. The Morgan fingerprint density at radius 3 is 2.47 bits per heavy atom. The van der Waals surface area contributed by atoms with Gasteiger partial charge in [0, 0.05) is 56.1 Å². The second-order valence-electron chi connectivity index (χ2n) is 8.38. The first-order valence-corrected chi connectivity index (χ1v) is 11.7. The third kappa shape index (κ3) is 7.02. The number of carbonyl (C=O) groups excluding carboxylic acids is 2. The van der Waals surface area contributed by atoms with Crippen molar-refractivity contribution < 1.29 is 19.2 Å². The fourth-order valence-electron chi connectivity index (χ4n) is 4.00. The van der Waals surface area contributed by atoms with Crippen LogP contribution in [0.15, 0.2) is 42.5 Å². The number of unbranched alkanes of at least 4 members (excludes halogenated alkanes) is 1. The Hall–Kier alpha value is -3.46. The summed E-state index contributed by atoms with van der Waals surface area (Å²) in [6, 6.07) is 12.2. The highest BCUT2D eigenvalue weighted by molar-refractivity contribution is 5.99. The Kier molecular flexibility index (Phi) is 8.98. The van der Waals surface area contributed by atoms with E-state index in [2.05, 4.69) is 46.3 Å². The molecule has 0 spiro atoms. The summed E-state index contributed by atoms with van der Waals surface area (Å²) >= 11 is 0. The van der Waals surface area contributed by atoms with E-state index < -0.39 is 16.8 Å². The quantitative estimate of drug-likeness (QED) is 0.247. The lowest BCUT2D eigenvalue weighted by Crippen LogP contribution is -2.46. The highest BCUT2D eigenvalue weighted by Gasteiger charge is 2.19. The molecular weight excluding hydrogens is 436 g/mol. The average molecular weight is 469 g/mol. The number of rotatable bonds is 10. The Bertz CT molecular complexity index is 1020. The van der Waals surface area contributed by atoms with Gasteiger partial charge in [-0.25, -0.2) is 4.79 Å². The molecule has 1 aliphatic heterocycles. The number of nitro benzene ring substituents is 1. The first-order valence-electron chi connectivity index (χ1n) is 11.7. The molecule has 1 fully saturated rings. The fourth-order valence-corrected chi connectivity index (χ4v) is 4.00. The molecule has 2 aromatic carbocycles. The number of anilines is 1. The second-order valence-corrected chi connectivity index (χ2v) is 8.38. The van der Waals surface area contributed by atoms with Crippen LogP contribution < -0.4 is 10.2 Å². The zero-order valence-electron chi connectivity index (χ0n) is 19.8. The summed E-state index contributed by atoms with van der Waals surface area (Å²) < 4.78 is 4.90. The van der Waals surface area contributed by atoms with Crippen LogP contribution in [0.4, 0.5) is 11.4 Å². The van der Waals surface area contributed by atoms with E-state index in [1.807, 2.05) is 0 Å². The lowest BCUT2D eigenvalue weighted by Gasteiger charge is -2.36. The van der Waals surface area contributed by atoms with E-state index in [4.69, 9.17) is 4.74 Å². The average Bonchev–Trinajstić information content (AvgIpc) is 2.84. The third-order valence-corrected chi connectivity index (χ3v) is 5.83. The number of ether oxygens (including phenoxy) is 1. The van der Waals surface area contributed by atoms with Gasteiger partial charge in [0.25, 0.3) is 11.6 Å². The molecule has 0 radical (unpaired) electrons. The van der Waals surface area contributed by atoms with Gasteiger partial charge >= 0.3 is 5.97 Å². The van der Waals surface area contributed by atoms with Gasteiger partial charge in [0.2, 0.25) is 0 Å². The molecule has 182 valence electrons. The minimum atomic E-state index is -0.692. The zero-order chi connectivity index (χ0) is 24.5. The lowest BCUT2D eigenvalue weighted by molar-refractivity contribution is -0.384. The molecule has 3 rings (SSSR count). The van der Waals surface area contributed by atoms with Gasteiger partial charge in [-0.1, -0.05) is 12.1 Å². The first kappa shape index (κ1) is 25.2. The van der Waals surface area contributed by atoms with Gasteiger partial charge in [0.1, 0.15) is 0 Å². The molecular formula is C25H32N4O5. The predicted octanol–water partition coefficient (Wildman–Crippen LogP) is 3.41. The molecule has 0 atom stereocenters. The van der Waals surface area contributed by atoms with Crippen molar-refractivity contribution in [3.05, 3.63) is 69.3 Å². The monoisotopic (exact) mass is 468 g/mol. The number of non-ortho nitro benzene ring substituents is 1. The number of benzene rings is 2. The van der Waals surface area contributed by atoms with E-state index in [1.165, 1.54) is 23.4 Å². The number of hydrogen-bond acceptors (Lipinski definition) is 7. The van der Waals surface area contributed by atoms with Gasteiger partial charge in [-0.05, 0) is 57.0 Å². The maximum atomic E-state index is 12.5. The minimum absolute atomic E-state index is 0.00833. The number of hydrogen-bond donors (Lipinski definition) is 1. The van der Waals surface area contributed by atoms with Crippen LogP contribution >= 0.6 is 0 Å². The number of carbonyl (C=O) groups is 2. The summed E-state index contributed by atoms with van der Waals surface area (Å²) in [7, 11) is 0. The van der Waals surface area contributed by atoms with Crippen LogP contribution in [-0.4, -0.2) is 67.6 Å². The van der Waals surface area contributed by atoms with Crippen molar-refractivity contribution in [3.63, 3.8) is 0 Å². The van der Waals surface area contributed by atoms with Crippen molar-refractivity contribution in [1.29, 1.82) is 0 Å². The molecule has 1 aliphatic rings. The molecule has 1 N–H and O–H groups in total. The summed E-state index contributed by atoms with van der Waals surface area (Å²) in [5.74, 6) is -1.14. The summed E-state index contributed by atoms with van der Waals surface area (Å²) in [5, 5.41) is 14.0. The molecule has 9 heteroatoms. The molecule has 0 bridgehead atoms. The maximum Gasteiger partial charge on any atom is 0.338 e. The predicted molar refractivity (Wildman–Crippen MR) is 130 cm³/mol. The van der Waals surface area contributed by atoms with Gasteiger partial charge in [0.15, 0.2) is 0 Å². The SMILES string of the molecule is CCOC(=O)c1cc(C(=O)NCCCCN2CCN(c3cccc(C)c3)CC2)cc([N+](=O)[O-])c1. The third-order valence-electron chi connectivity index (χ3n) is 5.83. The normalized spacial score (nSPS) is 14.0. The Labute approximate surface area is 199 Å². The lowest BCUT2D eigenvalue weighted by atomic mass is 10.1. The van der Waals surface area contributed by atoms with Crippen LogP contribution in [-0.2, 0) is 4.74 Å². The molecule has 1 heterocycles. The number of piperazine rings is 1. The Morgan fingerprint density at radius 1 is 1.06 bits per heavy atom. The maximum absolute atomic E-state index is 12.5. The Balaban J connectivity index is 1.42. The molecule has 0 aliphatic carbocycles. The van der Waals surface area contributed by atoms with Crippen molar-refractivity contribution in [1.82, 2.24) is 10.2 Å². The van der Waals surface area contributed by atoms with Crippen molar-refractivity contribution in [3.8, 4) is 0 Å². The van der Waals surface area contributed by atoms with Gasteiger partial charge in [-0.15, -0.1) is 0 Å². The summed E-state index contributed by atoms with van der Waals surface area (Å²) in [6.07, 6.45) is 1.73. The molecule has 1 saturated heterocycles. The smallest absolute Gasteiger partial charge is 0.338 e. The number of esters is 1. The molecule has 34 heavy (non-hydrogen) atoms. The molecule has 0 unspecified atom stereocenters. The summed E-state index contributed by atoms with van der Waals surface area (Å²) in [5.41, 5.74) is 2.29. The zero-order valence-corrected chi connectivity index (χ0v) is 19.8. The van der Waals surface area contributed by atoms with E-state index in [0.29, 0.717) is 6.54 Å². The molecule has 0 aromatic heterocycles.